The van der Waals surface area contributed by atoms with Crippen molar-refractivity contribution < 1.29 is 9.53 Å². The molecule has 0 aliphatic heterocycles. The number of rotatable bonds is 5. The quantitative estimate of drug-likeness (QED) is 0.364. The standard InChI is InChI=1S/C26H25N5O3/c1-15(2)13-14-30-16(3)27-23-21(25(30)32)22-24(29-20-8-6-5-7-19(20)28-22)31(23)18-11-9-17(10-12-18)26(33)34-4/h5-12,15H,13-14H2,1-4H3. The smallest absolute Gasteiger partial charge is 0.337 e. The van der Waals surface area contributed by atoms with E-state index in [1.807, 2.05) is 35.8 Å². The second-order valence-electron chi connectivity index (χ2n) is 8.76. The highest BCUT2D eigenvalue weighted by atomic mass is 16.5. The predicted octanol–water partition coefficient (Wildman–Crippen LogP) is 4.42. The summed E-state index contributed by atoms with van der Waals surface area (Å²) >= 11 is 0. The van der Waals surface area contributed by atoms with Crippen molar-refractivity contribution in [3.63, 3.8) is 0 Å². The van der Waals surface area contributed by atoms with Gasteiger partial charge in [-0.05, 0) is 55.7 Å². The zero-order valence-electron chi connectivity index (χ0n) is 19.6. The molecular formula is C26H25N5O3. The Hall–Kier alpha value is -4.07. The van der Waals surface area contributed by atoms with Gasteiger partial charge in [-0.1, -0.05) is 26.0 Å². The lowest BCUT2D eigenvalue weighted by Gasteiger charge is -2.12. The van der Waals surface area contributed by atoms with Crippen LogP contribution in [0.4, 0.5) is 0 Å². The van der Waals surface area contributed by atoms with Gasteiger partial charge in [-0.3, -0.25) is 13.9 Å². The first-order valence-electron chi connectivity index (χ1n) is 11.3. The summed E-state index contributed by atoms with van der Waals surface area (Å²) in [7, 11) is 1.35. The maximum Gasteiger partial charge on any atom is 0.337 e. The Labute approximate surface area is 195 Å². The Morgan fingerprint density at radius 1 is 0.971 bits per heavy atom. The van der Waals surface area contributed by atoms with E-state index in [4.69, 9.17) is 19.7 Å². The third-order valence-electron chi connectivity index (χ3n) is 6.03. The molecular weight excluding hydrogens is 430 g/mol. The highest BCUT2D eigenvalue weighted by Crippen LogP contribution is 2.29. The van der Waals surface area contributed by atoms with E-state index in [2.05, 4.69) is 13.8 Å². The van der Waals surface area contributed by atoms with Crippen molar-refractivity contribution in [2.24, 2.45) is 5.92 Å². The topological polar surface area (TPSA) is 91.9 Å². The third-order valence-corrected chi connectivity index (χ3v) is 6.03. The molecule has 5 rings (SSSR count). The van der Waals surface area contributed by atoms with Crippen LogP contribution in [0.3, 0.4) is 0 Å². The van der Waals surface area contributed by atoms with Crippen LogP contribution in [0.15, 0.2) is 53.3 Å². The number of aromatic nitrogens is 5. The first-order chi connectivity index (χ1) is 16.4. The van der Waals surface area contributed by atoms with Crippen molar-refractivity contribution in [2.75, 3.05) is 7.11 Å². The summed E-state index contributed by atoms with van der Waals surface area (Å²) < 4.78 is 8.38. The maximum atomic E-state index is 13.7. The van der Waals surface area contributed by atoms with E-state index in [1.54, 1.807) is 28.8 Å². The highest BCUT2D eigenvalue weighted by Gasteiger charge is 2.22. The molecule has 8 heteroatoms. The number of hydrogen-bond acceptors (Lipinski definition) is 6. The van der Waals surface area contributed by atoms with Gasteiger partial charge >= 0.3 is 5.97 Å². The number of carbonyl (C=O) groups excluding carboxylic acids is 1. The molecule has 5 aromatic rings. The number of aryl methyl sites for hydroxylation is 1. The van der Waals surface area contributed by atoms with E-state index in [0.717, 1.165) is 17.6 Å². The van der Waals surface area contributed by atoms with Crippen LogP contribution in [0.25, 0.3) is 38.9 Å². The van der Waals surface area contributed by atoms with Gasteiger partial charge in [-0.15, -0.1) is 0 Å². The number of benzene rings is 2. The number of nitrogens with zero attached hydrogens (tertiary/aromatic N) is 5. The van der Waals surface area contributed by atoms with Crippen molar-refractivity contribution >= 4 is 39.2 Å². The molecule has 0 unspecified atom stereocenters. The van der Waals surface area contributed by atoms with E-state index in [0.29, 0.717) is 51.6 Å². The average Bonchev–Trinajstić information content (AvgIpc) is 3.14. The number of ether oxygens (including phenoxy) is 1. The Balaban J connectivity index is 1.85. The number of fused-ring (bicyclic) bond motifs is 4. The predicted molar refractivity (Wildman–Crippen MR) is 131 cm³/mol. The molecule has 0 N–H and O–H groups in total. The van der Waals surface area contributed by atoms with Gasteiger partial charge in [-0.25, -0.2) is 19.7 Å². The molecule has 8 nitrogen and oxygen atoms in total. The van der Waals surface area contributed by atoms with Gasteiger partial charge in [0.05, 0.1) is 23.7 Å². The number of hydrogen-bond donors (Lipinski definition) is 0. The van der Waals surface area contributed by atoms with Crippen LogP contribution >= 0.6 is 0 Å². The molecule has 2 aromatic carbocycles. The van der Waals surface area contributed by atoms with Gasteiger partial charge in [0.25, 0.3) is 5.56 Å². The first-order valence-corrected chi connectivity index (χ1v) is 11.3. The second kappa shape index (κ2) is 8.37. The fourth-order valence-electron chi connectivity index (χ4n) is 4.19. The SMILES string of the molecule is COC(=O)c1ccc(-n2c3nc4ccccc4nc3c3c(=O)n(CCC(C)C)c(C)nc32)cc1. The molecule has 0 saturated carbocycles. The minimum atomic E-state index is -0.415. The van der Waals surface area contributed by atoms with Crippen LogP contribution in [-0.2, 0) is 11.3 Å². The summed E-state index contributed by atoms with van der Waals surface area (Å²) in [6.45, 7) is 6.70. The molecule has 0 fully saturated rings. The van der Waals surface area contributed by atoms with Crippen molar-refractivity contribution in [3.05, 3.63) is 70.3 Å². The number of carbonyl (C=O) groups is 1. The highest BCUT2D eigenvalue weighted by molar-refractivity contribution is 6.06. The molecule has 0 aliphatic rings. The number of methoxy groups -OCH3 is 1. The molecule has 0 radical (unpaired) electrons. The molecule has 3 aromatic heterocycles. The van der Waals surface area contributed by atoms with Gasteiger partial charge < -0.3 is 4.74 Å². The van der Waals surface area contributed by atoms with E-state index < -0.39 is 5.97 Å². The molecule has 0 spiro atoms. The normalized spacial score (nSPS) is 11.7. The zero-order chi connectivity index (χ0) is 24.0. The molecule has 0 atom stereocenters. The van der Waals surface area contributed by atoms with Crippen molar-refractivity contribution in [3.8, 4) is 5.69 Å². The summed E-state index contributed by atoms with van der Waals surface area (Å²) in [4.78, 5) is 40.2. The van der Waals surface area contributed by atoms with E-state index in [-0.39, 0.29) is 5.56 Å². The van der Waals surface area contributed by atoms with Crippen LogP contribution in [0.1, 0.15) is 36.5 Å². The summed E-state index contributed by atoms with van der Waals surface area (Å²) in [6, 6.07) is 14.5. The molecule has 0 amide bonds. The van der Waals surface area contributed by atoms with E-state index in [1.165, 1.54) is 7.11 Å². The zero-order valence-corrected chi connectivity index (χ0v) is 19.6. The summed E-state index contributed by atoms with van der Waals surface area (Å²) in [6.07, 6.45) is 0.871. The van der Waals surface area contributed by atoms with E-state index in [9.17, 15) is 9.59 Å². The Morgan fingerprint density at radius 2 is 1.65 bits per heavy atom. The lowest BCUT2D eigenvalue weighted by Crippen LogP contribution is -2.24. The fraction of sp³-hybridized carbons (Fsp3) is 0.269. The summed E-state index contributed by atoms with van der Waals surface area (Å²) in [5, 5.41) is 0.444. The first kappa shape index (κ1) is 21.8. The summed E-state index contributed by atoms with van der Waals surface area (Å²) in [5.41, 5.74) is 4.03. The molecule has 34 heavy (non-hydrogen) atoms. The average molecular weight is 456 g/mol. The van der Waals surface area contributed by atoms with E-state index >= 15 is 0 Å². The molecule has 0 saturated heterocycles. The van der Waals surface area contributed by atoms with Gasteiger partial charge in [0.15, 0.2) is 11.3 Å². The van der Waals surface area contributed by atoms with Crippen LogP contribution in [0.2, 0.25) is 0 Å². The fourth-order valence-corrected chi connectivity index (χ4v) is 4.19. The van der Waals surface area contributed by atoms with Gasteiger partial charge in [0, 0.05) is 12.2 Å². The van der Waals surface area contributed by atoms with Crippen molar-refractivity contribution in [1.29, 1.82) is 0 Å². The minimum Gasteiger partial charge on any atom is -0.465 e. The van der Waals surface area contributed by atoms with Crippen LogP contribution in [0, 0.1) is 12.8 Å². The van der Waals surface area contributed by atoms with Crippen molar-refractivity contribution in [1.82, 2.24) is 24.1 Å². The van der Waals surface area contributed by atoms with Crippen LogP contribution in [0.5, 0.6) is 0 Å². The molecule has 172 valence electrons. The Kier molecular flexibility index (Phi) is 5.36. The Morgan fingerprint density at radius 3 is 2.29 bits per heavy atom. The Bertz CT molecular complexity index is 1610. The van der Waals surface area contributed by atoms with Crippen molar-refractivity contribution in [2.45, 2.75) is 33.7 Å². The van der Waals surface area contributed by atoms with Gasteiger partial charge in [0.2, 0.25) is 0 Å². The number of esters is 1. The lowest BCUT2D eigenvalue weighted by atomic mass is 10.1. The monoisotopic (exact) mass is 455 g/mol. The second-order valence-corrected chi connectivity index (χ2v) is 8.76. The van der Waals surface area contributed by atoms with Crippen LogP contribution in [-0.4, -0.2) is 37.2 Å². The lowest BCUT2D eigenvalue weighted by molar-refractivity contribution is 0.0600. The molecule has 3 heterocycles. The molecule has 0 aliphatic carbocycles. The molecule has 0 bridgehead atoms. The summed E-state index contributed by atoms with van der Waals surface area (Å²) in [5.74, 6) is 0.680. The van der Waals surface area contributed by atoms with Gasteiger partial charge in [0.1, 0.15) is 16.7 Å². The maximum absolute atomic E-state index is 13.7. The minimum absolute atomic E-state index is 0.123. The number of para-hydroxylation sites is 2. The van der Waals surface area contributed by atoms with Crippen LogP contribution < -0.4 is 5.56 Å². The largest absolute Gasteiger partial charge is 0.465 e. The van der Waals surface area contributed by atoms with Gasteiger partial charge in [-0.2, -0.15) is 0 Å². The third kappa shape index (κ3) is 3.51.